The molecule has 3 rings (SSSR count). The third-order valence-electron chi connectivity index (χ3n) is 4.09. The van der Waals surface area contributed by atoms with Gasteiger partial charge in [-0.05, 0) is 24.7 Å². The number of hydrogen-bond acceptors (Lipinski definition) is 5. The lowest BCUT2D eigenvalue weighted by molar-refractivity contribution is -0.0626. The Kier molecular flexibility index (Phi) is 4.70. The lowest BCUT2D eigenvalue weighted by atomic mass is 10.0. The predicted octanol–water partition coefficient (Wildman–Crippen LogP) is 1.47. The summed E-state index contributed by atoms with van der Waals surface area (Å²) in [5.41, 5.74) is 1.38. The van der Waals surface area contributed by atoms with Crippen LogP contribution in [0, 0.1) is 0 Å². The first-order chi connectivity index (χ1) is 11.1. The van der Waals surface area contributed by atoms with E-state index in [2.05, 4.69) is 15.2 Å². The van der Waals surface area contributed by atoms with Crippen LogP contribution in [0.15, 0.2) is 29.3 Å². The topological polar surface area (TPSA) is 72.5 Å². The van der Waals surface area contributed by atoms with E-state index in [1.807, 2.05) is 24.9 Å². The van der Waals surface area contributed by atoms with Crippen molar-refractivity contribution in [3.8, 4) is 0 Å². The minimum atomic E-state index is -0.274. The molecule has 2 atom stereocenters. The third-order valence-corrected chi connectivity index (χ3v) is 4.38. The summed E-state index contributed by atoms with van der Waals surface area (Å²) in [5.74, 6) is -0.274. The van der Waals surface area contributed by atoms with Gasteiger partial charge in [-0.15, -0.1) is 0 Å². The Hall–Kier alpha value is -1.83. The summed E-state index contributed by atoms with van der Waals surface area (Å²) in [7, 11) is 3.99. The number of aromatic nitrogens is 2. The van der Waals surface area contributed by atoms with Gasteiger partial charge in [-0.1, -0.05) is 0 Å². The van der Waals surface area contributed by atoms with Gasteiger partial charge in [0.25, 0.3) is 5.91 Å². The van der Waals surface area contributed by atoms with Gasteiger partial charge in [0.2, 0.25) is 5.22 Å². The minimum absolute atomic E-state index is 0.0244. The van der Waals surface area contributed by atoms with Crippen molar-refractivity contribution in [2.75, 3.05) is 26.7 Å². The molecule has 0 aliphatic carbocycles. The average Bonchev–Trinajstić information content (AvgIpc) is 3.13. The molecule has 0 bridgehead atoms. The predicted molar refractivity (Wildman–Crippen MR) is 84.4 cm³/mol. The van der Waals surface area contributed by atoms with Crippen LogP contribution in [0.4, 0.5) is 0 Å². The van der Waals surface area contributed by atoms with Crippen LogP contribution in [0.25, 0.3) is 0 Å². The van der Waals surface area contributed by atoms with E-state index in [0.717, 1.165) is 12.2 Å². The molecule has 0 unspecified atom stereocenters. The number of aryl methyl sites for hydroxylation is 1. The Balaban J connectivity index is 1.71. The minimum Gasteiger partial charge on any atom is -0.452 e. The highest BCUT2D eigenvalue weighted by Gasteiger charge is 2.33. The quantitative estimate of drug-likeness (QED) is 0.914. The van der Waals surface area contributed by atoms with Gasteiger partial charge in [0.05, 0.1) is 42.6 Å². The Morgan fingerprint density at radius 1 is 1.52 bits per heavy atom. The van der Waals surface area contributed by atoms with Gasteiger partial charge in [0, 0.05) is 26.3 Å². The Labute approximate surface area is 139 Å². The van der Waals surface area contributed by atoms with Gasteiger partial charge in [-0.25, -0.2) is 4.98 Å². The molecule has 124 valence electrons. The van der Waals surface area contributed by atoms with Gasteiger partial charge >= 0.3 is 0 Å². The normalized spacial score (nSPS) is 22.2. The largest absolute Gasteiger partial charge is 0.452 e. The molecule has 0 spiro atoms. The highest BCUT2D eigenvalue weighted by molar-refractivity contribution is 6.32. The molecular formula is C15H19ClN4O3. The van der Waals surface area contributed by atoms with Crippen LogP contribution in [-0.2, 0) is 11.8 Å². The van der Waals surface area contributed by atoms with Gasteiger partial charge in [-0.2, -0.15) is 0 Å². The summed E-state index contributed by atoms with van der Waals surface area (Å²) in [6.07, 6.45) is 4.82. The number of rotatable bonds is 4. The molecule has 23 heavy (non-hydrogen) atoms. The zero-order valence-electron chi connectivity index (χ0n) is 13.0. The second-order valence-corrected chi connectivity index (χ2v) is 5.93. The molecule has 7 nitrogen and oxygen atoms in total. The maximum atomic E-state index is 12.2. The lowest BCUT2D eigenvalue weighted by Crippen LogP contribution is -2.48. The molecule has 0 radical (unpaired) electrons. The van der Waals surface area contributed by atoms with Crippen molar-refractivity contribution in [2.24, 2.45) is 7.05 Å². The van der Waals surface area contributed by atoms with Crippen LogP contribution in [0.1, 0.15) is 22.1 Å². The molecule has 1 N–H and O–H groups in total. The van der Waals surface area contributed by atoms with Crippen LogP contribution in [0.2, 0.25) is 5.22 Å². The monoisotopic (exact) mass is 338 g/mol. The Bertz CT molecular complexity index is 684. The summed E-state index contributed by atoms with van der Waals surface area (Å²) < 4.78 is 12.8. The summed E-state index contributed by atoms with van der Waals surface area (Å²) in [6, 6.07) is 1.57. The fourth-order valence-corrected chi connectivity index (χ4v) is 3.05. The third kappa shape index (κ3) is 3.26. The van der Waals surface area contributed by atoms with Crippen LogP contribution in [-0.4, -0.2) is 53.2 Å². The lowest BCUT2D eigenvalue weighted by Gasteiger charge is -2.39. The number of morpholine rings is 1. The number of nitrogens with zero attached hydrogens (tertiary/aromatic N) is 3. The molecule has 3 heterocycles. The van der Waals surface area contributed by atoms with E-state index in [9.17, 15) is 4.79 Å². The first-order valence-electron chi connectivity index (χ1n) is 7.37. The van der Waals surface area contributed by atoms with Crippen LogP contribution < -0.4 is 5.32 Å². The first kappa shape index (κ1) is 16.0. The number of carbonyl (C=O) groups excluding carboxylic acids is 1. The number of imidazole rings is 1. The zero-order chi connectivity index (χ0) is 16.4. The Morgan fingerprint density at radius 2 is 2.35 bits per heavy atom. The van der Waals surface area contributed by atoms with Gasteiger partial charge in [0.15, 0.2) is 0 Å². The summed E-state index contributed by atoms with van der Waals surface area (Å²) in [4.78, 5) is 18.6. The van der Waals surface area contributed by atoms with Crippen molar-refractivity contribution in [2.45, 2.75) is 12.1 Å². The Morgan fingerprint density at radius 3 is 3.00 bits per heavy atom. The zero-order valence-corrected chi connectivity index (χ0v) is 13.8. The van der Waals surface area contributed by atoms with E-state index in [1.165, 1.54) is 6.26 Å². The fourth-order valence-electron chi connectivity index (χ4n) is 2.85. The van der Waals surface area contributed by atoms with Crippen molar-refractivity contribution < 1.29 is 13.9 Å². The SMILES string of the molecule is CN1CCO[C@@H](CNC(=O)c2ccoc2Cl)[C@@H]1c1cncn1C. The second-order valence-electron chi connectivity index (χ2n) is 5.58. The van der Waals surface area contributed by atoms with Gasteiger partial charge in [0.1, 0.15) is 0 Å². The van der Waals surface area contributed by atoms with E-state index in [4.69, 9.17) is 20.8 Å². The molecule has 1 fully saturated rings. The van der Waals surface area contributed by atoms with E-state index in [0.29, 0.717) is 18.7 Å². The number of amides is 1. The number of likely N-dealkylation sites (N-methyl/N-ethyl adjacent to an activating group) is 1. The second kappa shape index (κ2) is 6.74. The number of hydrogen-bond donors (Lipinski definition) is 1. The maximum absolute atomic E-state index is 12.2. The summed E-state index contributed by atoms with van der Waals surface area (Å²) in [5, 5.41) is 2.95. The fraction of sp³-hybridized carbons (Fsp3) is 0.467. The molecule has 1 aliphatic heterocycles. The molecule has 2 aromatic heterocycles. The van der Waals surface area contributed by atoms with E-state index in [1.54, 1.807) is 12.4 Å². The molecule has 1 amide bonds. The van der Waals surface area contributed by atoms with E-state index in [-0.39, 0.29) is 23.3 Å². The first-order valence-corrected chi connectivity index (χ1v) is 7.75. The van der Waals surface area contributed by atoms with Crippen molar-refractivity contribution in [1.82, 2.24) is 19.8 Å². The highest BCUT2D eigenvalue weighted by atomic mass is 35.5. The highest BCUT2D eigenvalue weighted by Crippen LogP contribution is 2.27. The van der Waals surface area contributed by atoms with Gasteiger partial charge in [-0.3, -0.25) is 9.69 Å². The van der Waals surface area contributed by atoms with E-state index < -0.39 is 0 Å². The van der Waals surface area contributed by atoms with Crippen molar-refractivity contribution >= 4 is 17.5 Å². The van der Waals surface area contributed by atoms with Crippen LogP contribution >= 0.6 is 11.6 Å². The summed E-state index contributed by atoms with van der Waals surface area (Å²) in [6.45, 7) is 1.83. The number of nitrogens with one attached hydrogen (secondary N) is 1. The van der Waals surface area contributed by atoms with Crippen molar-refractivity contribution in [3.63, 3.8) is 0 Å². The molecule has 0 aromatic carbocycles. The molecule has 0 saturated carbocycles. The standard InChI is InChI=1S/C15H19ClN4O3/c1-19-4-6-22-12(13(19)11-7-17-9-20(11)2)8-18-15(21)10-3-5-23-14(10)16/h3,5,7,9,12-13H,4,6,8H2,1-2H3,(H,18,21)/t12-,13-/m0/s1. The smallest absolute Gasteiger partial charge is 0.256 e. The molecule has 8 heteroatoms. The summed E-state index contributed by atoms with van der Waals surface area (Å²) >= 11 is 5.83. The van der Waals surface area contributed by atoms with Crippen molar-refractivity contribution in [1.29, 1.82) is 0 Å². The molecular weight excluding hydrogens is 320 g/mol. The van der Waals surface area contributed by atoms with Crippen LogP contribution in [0.5, 0.6) is 0 Å². The molecule has 1 saturated heterocycles. The number of halogens is 1. The van der Waals surface area contributed by atoms with Crippen molar-refractivity contribution in [3.05, 3.63) is 41.3 Å². The number of carbonyl (C=O) groups is 1. The maximum Gasteiger partial charge on any atom is 0.256 e. The molecule has 2 aromatic rings. The van der Waals surface area contributed by atoms with Crippen LogP contribution in [0.3, 0.4) is 0 Å². The average molecular weight is 339 g/mol. The van der Waals surface area contributed by atoms with E-state index >= 15 is 0 Å². The molecule has 1 aliphatic rings. The number of ether oxygens (including phenoxy) is 1. The number of furan rings is 1. The van der Waals surface area contributed by atoms with Gasteiger partial charge < -0.3 is 19.0 Å².